The van der Waals surface area contributed by atoms with Crippen LogP contribution in [0.3, 0.4) is 0 Å². The van der Waals surface area contributed by atoms with Gasteiger partial charge in [0.25, 0.3) is 0 Å². The highest BCUT2D eigenvalue weighted by Crippen LogP contribution is 2.36. The molecular weight excluding hydrogens is 348 g/mol. The normalized spacial score (nSPS) is 17.3. The summed E-state index contributed by atoms with van der Waals surface area (Å²) in [4.78, 5) is 10.6. The number of para-hydroxylation sites is 1. The molecule has 0 saturated carbocycles. The van der Waals surface area contributed by atoms with Gasteiger partial charge in [0.2, 0.25) is 0 Å². The van der Waals surface area contributed by atoms with Gasteiger partial charge in [0, 0.05) is 61.8 Å². The fraction of sp³-hybridized carbons (Fsp3) is 0.364. The number of nitrogens with zero attached hydrogens (tertiary/aromatic N) is 5. The lowest BCUT2D eigenvalue weighted by atomic mass is 9.98. The molecule has 1 aromatic carbocycles. The first-order valence-electron chi connectivity index (χ1n) is 9.99. The topological polar surface area (TPSA) is 54.7 Å². The first-order chi connectivity index (χ1) is 13.7. The molecule has 0 fully saturated rings. The number of aromatic nitrogens is 5. The zero-order chi connectivity index (χ0) is 19.3. The number of nitrogens with one attached hydrogen (secondary N) is 1. The van der Waals surface area contributed by atoms with E-state index in [-0.39, 0.29) is 6.04 Å². The van der Waals surface area contributed by atoms with E-state index in [4.69, 9.17) is 4.98 Å². The van der Waals surface area contributed by atoms with Gasteiger partial charge in [0.1, 0.15) is 0 Å². The Morgan fingerprint density at radius 2 is 2.11 bits per heavy atom. The molecule has 1 aliphatic rings. The number of hydrogen-bond donors (Lipinski definition) is 1. The predicted octanol–water partition coefficient (Wildman–Crippen LogP) is 3.57. The maximum Gasteiger partial charge on any atom is 0.0951 e. The summed E-state index contributed by atoms with van der Waals surface area (Å²) in [6.45, 7) is 7.02. The molecule has 1 aliphatic heterocycles. The third kappa shape index (κ3) is 2.67. The van der Waals surface area contributed by atoms with Crippen LogP contribution in [0.5, 0.6) is 0 Å². The van der Waals surface area contributed by atoms with Gasteiger partial charge in [-0.2, -0.15) is 5.10 Å². The molecule has 0 bridgehead atoms. The number of aromatic amines is 1. The van der Waals surface area contributed by atoms with E-state index in [1.165, 1.54) is 27.9 Å². The van der Waals surface area contributed by atoms with E-state index in [0.29, 0.717) is 0 Å². The van der Waals surface area contributed by atoms with Crippen molar-refractivity contribution >= 4 is 10.9 Å². The molecule has 4 heterocycles. The molecular formula is C22H26N6. The van der Waals surface area contributed by atoms with Crippen LogP contribution in [-0.4, -0.2) is 35.8 Å². The van der Waals surface area contributed by atoms with Crippen molar-refractivity contribution in [3.63, 3.8) is 0 Å². The average Bonchev–Trinajstić information content (AvgIpc) is 3.40. The lowest BCUT2D eigenvalue weighted by Gasteiger charge is -2.35. The summed E-state index contributed by atoms with van der Waals surface area (Å²) in [5, 5.41) is 5.92. The van der Waals surface area contributed by atoms with Crippen LogP contribution in [0.15, 0.2) is 42.9 Å². The molecule has 6 nitrogen and oxygen atoms in total. The summed E-state index contributed by atoms with van der Waals surface area (Å²) in [5.74, 6) is 0. The Morgan fingerprint density at radius 1 is 1.25 bits per heavy atom. The second-order valence-corrected chi connectivity index (χ2v) is 7.67. The first-order valence-corrected chi connectivity index (χ1v) is 9.99. The molecule has 0 radical (unpaired) electrons. The number of rotatable bonds is 4. The quantitative estimate of drug-likeness (QED) is 0.594. The maximum absolute atomic E-state index is 4.73. The summed E-state index contributed by atoms with van der Waals surface area (Å²) in [6, 6.07) is 11.0. The fourth-order valence-corrected chi connectivity index (χ4v) is 4.49. The average molecular weight is 374 g/mol. The molecule has 1 N–H and O–H groups in total. The molecule has 0 saturated heterocycles. The SMILES string of the molecule is CCn1cc(CN2CCc3[nH]cnc3[C@@H]2c2cc3ccccc3n2C)c(C)n1. The summed E-state index contributed by atoms with van der Waals surface area (Å²) in [5.41, 5.74) is 7.37. The zero-order valence-electron chi connectivity index (χ0n) is 16.7. The number of benzene rings is 1. The van der Waals surface area contributed by atoms with Gasteiger partial charge in [-0.25, -0.2) is 4.98 Å². The van der Waals surface area contributed by atoms with Crippen molar-refractivity contribution in [1.82, 2.24) is 29.2 Å². The van der Waals surface area contributed by atoms with E-state index in [9.17, 15) is 0 Å². The molecule has 0 spiro atoms. The van der Waals surface area contributed by atoms with Crippen LogP contribution in [0.25, 0.3) is 10.9 Å². The van der Waals surface area contributed by atoms with Crippen molar-refractivity contribution in [2.24, 2.45) is 7.05 Å². The number of hydrogen-bond acceptors (Lipinski definition) is 3. The molecule has 6 heteroatoms. The molecule has 4 aromatic rings. The molecule has 1 atom stereocenters. The Labute approximate surface area is 164 Å². The van der Waals surface area contributed by atoms with Crippen molar-refractivity contribution in [2.75, 3.05) is 6.54 Å². The maximum atomic E-state index is 4.73. The highest BCUT2D eigenvalue weighted by Gasteiger charge is 2.33. The van der Waals surface area contributed by atoms with Gasteiger partial charge in [-0.1, -0.05) is 18.2 Å². The zero-order valence-corrected chi connectivity index (χ0v) is 16.7. The molecule has 0 aliphatic carbocycles. The highest BCUT2D eigenvalue weighted by molar-refractivity contribution is 5.81. The van der Waals surface area contributed by atoms with Crippen molar-refractivity contribution in [1.29, 1.82) is 0 Å². The van der Waals surface area contributed by atoms with E-state index in [0.717, 1.165) is 37.4 Å². The highest BCUT2D eigenvalue weighted by atomic mass is 15.3. The van der Waals surface area contributed by atoms with Crippen LogP contribution in [0.1, 0.15) is 41.3 Å². The fourth-order valence-electron chi connectivity index (χ4n) is 4.49. The Bertz CT molecular complexity index is 1130. The van der Waals surface area contributed by atoms with Crippen molar-refractivity contribution in [3.8, 4) is 0 Å². The molecule has 5 rings (SSSR count). The third-order valence-corrected chi connectivity index (χ3v) is 6.04. The van der Waals surface area contributed by atoms with Crippen LogP contribution in [0.2, 0.25) is 0 Å². The van der Waals surface area contributed by atoms with E-state index in [1.54, 1.807) is 0 Å². The van der Waals surface area contributed by atoms with E-state index >= 15 is 0 Å². The van der Waals surface area contributed by atoms with Gasteiger partial charge in [0.15, 0.2) is 0 Å². The van der Waals surface area contributed by atoms with Crippen molar-refractivity contribution in [3.05, 3.63) is 71.2 Å². The number of fused-ring (bicyclic) bond motifs is 2. The van der Waals surface area contributed by atoms with E-state index < -0.39 is 0 Å². The number of H-pyrrole nitrogens is 1. The Kier molecular flexibility index (Phi) is 4.09. The van der Waals surface area contributed by atoms with Gasteiger partial charge < -0.3 is 9.55 Å². The van der Waals surface area contributed by atoms with Crippen molar-refractivity contribution < 1.29 is 0 Å². The molecule has 0 amide bonds. The summed E-state index contributed by atoms with van der Waals surface area (Å²) in [6.07, 6.45) is 5.02. The molecule has 3 aromatic heterocycles. The third-order valence-electron chi connectivity index (χ3n) is 6.04. The minimum Gasteiger partial charge on any atom is -0.348 e. The second-order valence-electron chi connectivity index (χ2n) is 7.67. The van der Waals surface area contributed by atoms with Gasteiger partial charge in [0.05, 0.1) is 23.8 Å². The van der Waals surface area contributed by atoms with Crippen LogP contribution < -0.4 is 0 Å². The summed E-state index contributed by atoms with van der Waals surface area (Å²) >= 11 is 0. The van der Waals surface area contributed by atoms with Crippen LogP contribution in [-0.2, 0) is 26.6 Å². The smallest absolute Gasteiger partial charge is 0.0951 e. The van der Waals surface area contributed by atoms with E-state index in [2.05, 4.69) is 77.0 Å². The van der Waals surface area contributed by atoms with Crippen LogP contribution in [0, 0.1) is 6.92 Å². The van der Waals surface area contributed by atoms with Crippen molar-refractivity contribution in [2.45, 2.75) is 39.4 Å². The van der Waals surface area contributed by atoms with Gasteiger partial charge in [-0.05, 0) is 31.4 Å². The van der Waals surface area contributed by atoms with Gasteiger partial charge in [-0.15, -0.1) is 0 Å². The Balaban J connectivity index is 1.60. The first kappa shape index (κ1) is 17.3. The molecule has 28 heavy (non-hydrogen) atoms. The molecule has 144 valence electrons. The summed E-state index contributed by atoms with van der Waals surface area (Å²) in [7, 11) is 2.16. The Morgan fingerprint density at radius 3 is 2.89 bits per heavy atom. The van der Waals surface area contributed by atoms with Crippen LogP contribution >= 0.6 is 0 Å². The minimum atomic E-state index is 0.136. The lowest BCUT2D eigenvalue weighted by molar-refractivity contribution is 0.194. The van der Waals surface area contributed by atoms with Gasteiger partial charge in [-0.3, -0.25) is 9.58 Å². The Hall–Kier alpha value is -2.86. The largest absolute Gasteiger partial charge is 0.348 e. The molecule has 0 unspecified atom stereocenters. The standard InChI is InChI=1S/C22H26N6/c1-4-28-13-17(15(2)25-28)12-27-10-9-18-21(24-14-23-18)22(27)20-11-16-7-5-6-8-19(16)26(20)3/h5-8,11,13-14,22H,4,9-10,12H2,1-3H3,(H,23,24)/t22-/m0/s1. The monoisotopic (exact) mass is 374 g/mol. The van der Waals surface area contributed by atoms with Gasteiger partial charge >= 0.3 is 0 Å². The predicted molar refractivity (Wildman–Crippen MR) is 110 cm³/mol. The van der Waals surface area contributed by atoms with Crippen LogP contribution in [0.4, 0.5) is 0 Å². The number of aryl methyl sites for hydroxylation is 3. The minimum absolute atomic E-state index is 0.136. The summed E-state index contributed by atoms with van der Waals surface area (Å²) < 4.78 is 4.35. The van der Waals surface area contributed by atoms with E-state index in [1.807, 2.05) is 11.0 Å². The number of imidazole rings is 1. The lowest BCUT2D eigenvalue weighted by Crippen LogP contribution is -2.36. The second kappa shape index (κ2) is 6.63.